The van der Waals surface area contributed by atoms with Crippen LogP contribution in [0, 0.1) is 11.2 Å². The molecule has 1 aromatic rings. The first-order valence-electron chi connectivity index (χ1n) is 10.9. The van der Waals surface area contributed by atoms with Crippen molar-refractivity contribution in [3.8, 4) is 0 Å². The predicted octanol–water partition coefficient (Wildman–Crippen LogP) is 2.38. The van der Waals surface area contributed by atoms with Crippen molar-refractivity contribution in [1.82, 2.24) is 15.1 Å². The van der Waals surface area contributed by atoms with Gasteiger partial charge in [0.05, 0.1) is 5.41 Å². The fraction of sp³-hybridized carbons (Fsp3) is 0.636. The SMILES string of the molecule is C[C@H]1CN(c2ccc(F)cc2)CCN1CC[C@H]1CC2(CCN(C(=O)O)CC2)C(=O)N1. The van der Waals surface area contributed by atoms with E-state index >= 15 is 0 Å². The summed E-state index contributed by atoms with van der Waals surface area (Å²) < 4.78 is 13.2. The van der Waals surface area contributed by atoms with E-state index in [4.69, 9.17) is 5.11 Å². The van der Waals surface area contributed by atoms with Crippen molar-refractivity contribution in [2.45, 2.75) is 44.7 Å². The number of piperidine rings is 1. The van der Waals surface area contributed by atoms with Gasteiger partial charge in [0.2, 0.25) is 5.91 Å². The van der Waals surface area contributed by atoms with E-state index in [-0.39, 0.29) is 23.2 Å². The van der Waals surface area contributed by atoms with Crippen molar-refractivity contribution in [2.24, 2.45) is 5.41 Å². The summed E-state index contributed by atoms with van der Waals surface area (Å²) in [6.45, 7) is 6.78. The van der Waals surface area contributed by atoms with Crippen molar-refractivity contribution in [1.29, 1.82) is 0 Å². The number of hydrogen-bond donors (Lipinski definition) is 2. The third kappa shape index (κ3) is 4.24. The molecule has 1 spiro atoms. The second-order valence-electron chi connectivity index (χ2n) is 9.02. The van der Waals surface area contributed by atoms with Gasteiger partial charge in [0, 0.05) is 57.0 Å². The Labute approximate surface area is 176 Å². The van der Waals surface area contributed by atoms with Crippen LogP contribution in [0.2, 0.25) is 0 Å². The highest BCUT2D eigenvalue weighted by Crippen LogP contribution is 2.41. The first kappa shape index (κ1) is 20.9. The van der Waals surface area contributed by atoms with Crippen molar-refractivity contribution >= 4 is 17.7 Å². The van der Waals surface area contributed by atoms with Crippen LogP contribution in [0.25, 0.3) is 0 Å². The number of hydrogen-bond acceptors (Lipinski definition) is 4. The van der Waals surface area contributed by atoms with E-state index in [9.17, 15) is 14.0 Å². The van der Waals surface area contributed by atoms with Crippen LogP contribution >= 0.6 is 0 Å². The largest absolute Gasteiger partial charge is 0.465 e. The summed E-state index contributed by atoms with van der Waals surface area (Å²) in [7, 11) is 0. The Hall–Kier alpha value is -2.35. The lowest BCUT2D eigenvalue weighted by molar-refractivity contribution is -0.129. The molecule has 0 radical (unpaired) electrons. The highest BCUT2D eigenvalue weighted by molar-refractivity contribution is 5.85. The number of likely N-dealkylation sites (tertiary alicyclic amines) is 1. The van der Waals surface area contributed by atoms with Gasteiger partial charge in [-0.1, -0.05) is 0 Å². The van der Waals surface area contributed by atoms with Crippen LogP contribution in [0.5, 0.6) is 0 Å². The van der Waals surface area contributed by atoms with E-state index in [1.165, 1.54) is 17.0 Å². The van der Waals surface area contributed by atoms with Gasteiger partial charge in [-0.3, -0.25) is 9.69 Å². The summed E-state index contributed by atoms with van der Waals surface area (Å²) in [5, 5.41) is 12.3. The second kappa shape index (κ2) is 8.41. The highest BCUT2D eigenvalue weighted by Gasteiger charge is 2.48. The number of carbonyl (C=O) groups excluding carboxylic acids is 1. The Morgan fingerprint density at radius 3 is 2.53 bits per heavy atom. The first-order chi connectivity index (χ1) is 14.4. The number of piperazine rings is 1. The lowest BCUT2D eigenvalue weighted by Crippen LogP contribution is -2.52. The van der Waals surface area contributed by atoms with Crippen molar-refractivity contribution in [3.63, 3.8) is 0 Å². The number of amides is 2. The molecule has 2 N–H and O–H groups in total. The van der Waals surface area contributed by atoms with Crippen LogP contribution in [0.1, 0.15) is 32.6 Å². The van der Waals surface area contributed by atoms with Gasteiger partial charge in [0.25, 0.3) is 0 Å². The molecule has 3 heterocycles. The van der Waals surface area contributed by atoms with Gasteiger partial charge in [0.1, 0.15) is 5.82 Å². The molecule has 0 unspecified atom stereocenters. The first-order valence-corrected chi connectivity index (χ1v) is 10.9. The standard InChI is InChI=1S/C22H31FN4O3/c1-16-15-27(19-4-2-17(23)3-5-19)13-12-25(16)9-6-18-14-22(20(28)24-18)7-10-26(11-8-22)21(29)30/h2-5,16,18H,6-15H2,1H3,(H,24,28)(H,29,30)/t16-,18-/m0/s1. The third-order valence-electron chi connectivity index (χ3n) is 7.17. The number of nitrogens with zero attached hydrogens (tertiary/aromatic N) is 3. The zero-order valence-corrected chi connectivity index (χ0v) is 17.5. The van der Waals surface area contributed by atoms with Crippen molar-refractivity contribution < 1.29 is 19.1 Å². The van der Waals surface area contributed by atoms with Gasteiger partial charge in [-0.25, -0.2) is 9.18 Å². The van der Waals surface area contributed by atoms with Crippen LogP contribution in [0.15, 0.2) is 24.3 Å². The second-order valence-corrected chi connectivity index (χ2v) is 9.02. The summed E-state index contributed by atoms with van der Waals surface area (Å²) in [6.07, 6.45) is 2.07. The van der Waals surface area contributed by atoms with E-state index in [0.717, 1.165) is 44.7 Å². The molecule has 2 amide bonds. The molecule has 3 saturated heterocycles. The molecule has 0 aliphatic carbocycles. The van der Waals surface area contributed by atoms with E-state index in [0.29, 0.717) is 32.0 Å². The summed E-state index contributed by atoms with van der Waals surface area (Å²) in [4.78, 5) is 30.0. The monoisotopic (exact) mass is 418 g/mol. The van der Waals surface area contributed by atoms with E-state index in [2.05, 4.69) is 22.0 Å². The molecule has 8 heteroatoms. The smallest absolute Gasteiger partial charge is 0.407 e. The molecule has 7 nitrogen and oxygen atoms in total. The average molecular weight is 419 g/mol. The van der Waals surface area contributed by atoms with Crippen LogP contribution in [0.4, 0.5) is 14.9 Å². The van der Waals surface area contributed by atoms with Gasteiger partial charge in [-0.2, -0.15) is 0 Å². The molecular weight excluding hydrogens is 387 g/mol. The minimum absolute atomic E-state index is 0.103. The van der Waals surface area contributed by atoms with Crippen molar-refractivity contribution in [2.75, 3.05) is 44.2 Å². The Morgan fingerprint density at radius 2 is 1.90 bits per heavy atom. The molecule has 1 aromatic carbocycles. The average Bonchev–Trinajstić information content (AvgIpc) is 3.03. The minimum atomic E-state index is -0.895. The molecule has 2 atom stereocenters. The predicted molar refractivity (Wildman–Crippen MR) is 112 cm³/mol. The van der Waals surface area contributed by atoms with Gasteiger partial charge in [-0.05, 0) is 56.9 Å². The molecule has 3 aliphatic rings. The minimum Gasteiger partial charge on any atom is -0.465 e. The molecule has 0 bridgehead atoms. The third-order valence-corrected chi connectivity index (χ3v) is 7.17. The van der Waals surface area contributed by atoms with Crippen LogP contribution in [0.3, 0.4) is 0 Å². The Morgan fingerprint density at radius 1 is 1.20 bits per heavy atom. The maximum absolute atomic E-state index is 13.2. The summed E-state index contributed by atoms with van der Waals surface area (Å²) in [5.74, 6) is -0.109. The van der Waals surface area contributed by atoms with Crippen LogP contribution < -0.4 is 10.2 Å². The topological polar surface area (TPSA) is 76.1 Å². The lowest BCUT2D eigenvalue weighted by Gasteiger charge is -2.41. The quantitative estimate of drug-likeness (QED) is 0.785. The summed E-state index contributed by atoms with van der Waals surface area (Å²) >= 11 is 0. The normalized spacial score (nSPS) is 26.8. The maximum atomic E-state index is 13.2. The fourth-order valence-corrected chi connectivity index (χ4v) is 5.22. The molecule has 3 fully saturated rings. The molecule has 164 valence electrons. The Balaban J connectivity index is 1.26. The number of halogens is 1. The molecule has 30 heavy (non-hydrogen) atoms. The van der Waals surface area contributed by atoms with Gasteiger partial charge in [0.15, 0.2) is 0 Å². The molecular formula is C22H31FN4O3. The number of carboxylic acid groups (broad SMARTS) is 1. The highest BCUT2D eigenvalue weighted by atomic mass is 19.1. The molecule has 0 saturated carbocycles. The molecule has 0 aromatic heterocycles. The van der Waals surface area contributed by atoms with Crippen LogP contribution in [-0.2, 0) is 4.79 Å². The van der Waals surface area contributed by atoms with E-state index < -0.39 is 6.09 Å². The lowest BCUT2D eigenvalue weighted by atomic mass is 9.76. The summed E-state index contributed by atoms with van der Waals surface area (Å²) in [6, 6.07) is 7.23. The zero-order valence-electron chi connectivity index (χ0n) is 17.5. The van der Waals surface area contributed by atoms with Crippen LogP contribution in [-0.4, -0.2) is 78.3 Å². The maximum Gasteiger partial charge on any atom is 0.407 e. The Bertz CT molecular complexity index is 779. The number of carbonyl (C=O) groups is 2. The fourth-order valence-electron chi connectivity index (χ4n) is 5.22. The number of nitrogens with one attached hydrogen (secondary N) is 1. The number of anilines is 1. The van der Waals surface area contributed by atoms with Gasteiger partial charge in [-0.15, -0.1) is 0 Å². The zero-order chi connectivity index (χ0) is 21.3. The van der Waals surface area contributed by atoms with E-state index in [1.807, 2.05) is 12.1 Å². The Kier molecular flexibility index (Phi) is 5.86. The van der Waals surface area contributed by atoms with E-state index in [1.54, 1.807) is 0 Å². The molecule has 3 aliphatic heterocycles. The van der Waals surface area contributed by atoms with Crippen molar-refractivity contribution in [3.05, 3.63) is 30.1 Å². The summed E-state index contributed by atoms with van der Waals surface area (Å²) in [5.41, 5.74) is 0.671. The number of rotatable bonds is 4. The van der Waals surface area contributed by atoms with Gasteiger partial charge < -0.3 is 20.2 Å². The number of benzene rings is 1. The molecule has 4 rings (SSSR count). The van der Waals surface area contributed by atoms with Gasteiger partial charge >= 0.3 is 6.09 Å².